The molecule has 1 amide bonds. The van der Waals surface area contributed by atoms with Gasteiger partial charge in [0.15, 0.2) is 5.75 Å². The molecular formula is C17H14N2O5S. The first-order chi connectivity index (χ1) is 11.9. The van der Waals surface area contributed by atoms with E-state index in [1.54, 1.807) is 35.7 Å². The van der Waals surface area contributed by atoms with Gasteiger partial charge in [0.25, 0.3) is 5.56 Å². The lowest BCUT2D eigenvalue weighted by Crippen LogP contribution is -2.22. The molecule has 0 saturated carbocycles. The van der Waals surface area contributed by atoms with Crippen LogP contribution < -0.4 is 10.9 Å². The third-order valence-electron chi connectivity index (χ3n) is 3.68. The number of fused-ring (bicyclic) bond motifs is 1. The Labute approximate surface area is 145 Å². The number of thiophene rings is 1. The number of carboxylic acid groups (broad SMARTS) is 1. The number of hydrogen-bond acceptors (Lipinski definition) is 5. The van der Waals surface area contributed by atoms with Crippen LogP contribution in [-0.4, -0.2) is 26.7 Å². The summed E-state index contributed by atoms with van der Waals surface area (Å²) in [6.45, 7) is 1.58. The summed E-state index contributed by atoms with van der Waals surface area (Å²) in [5.74, 6) is -2.29. The van der Waals surface area contributed by atoms with Crippen molar-refractivity contribution in [3.63, 3.8) is 0 Å². The van der Waals surface area contributed by atoms with Crippen molar-refractivity contribution in [3.05, 3.63) is 57.2 Å². The van der Waals surface area contributed by atoms with E-state index in [4.69, 9.17) is 0 Å². The minimum atomic E-state index is -1.34. The molecule has 0 bridgehead atoms. The third-order valence-corrected chi connectivity index (χ3v) is 4.60. The van der Waals surface area contributed by atoms with Gasteiger partial charge in [-0.15, -0.1) is 11.3 Å². The van der Waals surface area contributed by atoms with Crippen LogP contribution in [0.1, 0.15) is 22.8 Å². The molecule has 0 aliphatic heterocycles. The zero-order chi connectivity index (χ0) is 18.1. The predicted molar refractivity (Wildman–Crippen MR) is 94.6 cm³/mol. The monoisotopic (exact) mass is 358 g/mol. The number of nitrogens with one attached hydrogen (secondary N) is 1. The van der Waals surface area contributed by atoms with Crippen LogP contribution in [0.2, 0.25) is 0 Å². The van der Waals surface area contributed by atoms with E-state index in [1.807, 2.05) is 0 Å². The van der Waals surface area contributed by atoms with Crippen molar-refractivity contribution in [1.82, 2.24) is 4.57 Å². The number of benzene rings is 1. The number of carbonyl (C=O) groups excluding carboxylic acids is 1. The molecule has 128 valence electrons. The van der Waals surface area contributed by atoms with E-state index in [1.165, 1.54) is 11.5 Å². The lowest BCUT2D eigenvalue weighted by Gasteiger charge is -2.11. The number of aromatic carboxylic acids is 1. The number of aromatic nitrogens is 1. The Morgan fingerprint density at radius 2 is 1.88 bits per heavy atom. The molecule has 8 heteroatoms. The van der Waals surface area contributed by atoms with Gasteiger partial charge in [0.2, 0.25) is 5.91 Å². The summed E-state index contributed by atoms with van der Waals surface area (Å²) in [5, 5.41) is 23.6. The van der Waals surface area contributed by atoms with Crippen LogP contribution in [-0.2, 0) is 11.3 Å². The number of carboxylic acids is 1. The highest BCUT2D eigenvalue weighted by molar-refractivity contribution is 7.17. The Morgan fingerprint density at radius 1 is 1.20 bits per heavy atom. The van der Waals surface area contributed by atoms with Crippen molar-refractivity contribution >= 4 is 39.1 Å². The molecule has 3 N–H and O–H groups in total. The molecule has 0 unspecified atom stereocenters. The number of nitrogens with zero attached hydrogens (tertiary/aromatic N) is 1. The lowest BCUT2D eigenvalue weighted by atomic mass is 10.1. The largest absolute Gasteiger partial charge is 0.502 e. The minimum Gasteiger partial charge on any atom is -0.502 e. The molecule has 1 aromatic carbocycles. The Bertz CT molecular complexity index is 1030. The van der Waals surface area contributed by atoms with Crippen molar-refractivity contribution in [2.75, 3.05) is 5.32 Å². The maximum absolute atomic E-state index is 12.4. The molecule has 3 aromatic rings. The third kappa shape index (κ3) is 3.11. The van der Waals surface area contributed by atoms with Crippen LogP contribution in [0.3, 0.4) is 0 Å². The van der Waals surface area contributed by atoms with Crippen LogP contribution in [0.4, 0.5) is 5.69 Å². The Balaban J connectivity index is 2.05. The summed E-state index contributed by atoms with van der Waals surface area (Å²) in [6.07, 6.45) is 0. The maximum Gasteiger partial charge on any atom is 0.341 e. The van der Waals surface area contributed by atoms with E-state index in [2.05, 4.69) is 5.32 Å². The van der Waals surface area contributed by atoms with E-state index in [-0.39, 0.29) is 18.0 Å². The van der Waals surface area contributed by atoms with Crippen molar-refractivity contribution in [1.29, 1.82) is 0 Å². The highest BCUT2D eigenvalue weighted by Gasteiger charge is 2.22. The summed E-state index contributed by atoms with van der Waals surface area (Å²) in [6, 6.07) is 8.56. The zero-order valence-corrected chi connectivity index (χ0v) is 14.0. The van der Waals surface area contributed by atoms with Gasteiger partial charge in [-0.05, 0) is 29.1 Å². The number of aromatic hydroxyl groups is 1. The first-order valence-corrected chi connectivity index (χ1v) is 8.19. The zero-order valence-electron chi connectivity index (χ0n) is 13.1. The second kappa shape index (κ2) is 6.40. The van der Waals surface area contributed by atoms with E-state index in [0.29, 0.717) is 15.9 Å². The lowest BCUT2D eigenvalue weighted by molar-refractivity contribution is -0.114. The van der Waals surface area contributed by atoms with Gasteiger partial charge in [-0.2, -0.15) is 0 Å². The van der Waals surface area contributed by atoms with Gasteiger partial charge in [0.05, 0.1) is 16.8 Å². The molecule has 2 heterocycles. The molecule has 7 nitrogen and oxygen atoms in total. The molecule has 0 fully saturated rings. The van der Waals surface area contributed by atoms with E-state index >= 15 is 0 Å². The SMILES string of the molecule is CC(=O)Nc1ccc(Cn2c(=O)c(O)c(C(=O)O)c3sccc32)cc1. The molecule has 0 spiro atoms. The molecule has 3 rings (SSSR count). The molecule has 2 aromatic heterocycles. The summed E-state index contributed by atoms with van der Waals surface area (Å²) in [7, 11) is 0. The predicted octanol–water partition coefficient (Wildman–Crippen LogP) is 2.47. The number of anilines is 1. The second-order valence-electron chi connectivity index (χ2n) is 5.43. The van der Waals surface area contributed by atoms with Crippen LogP contribution in [0.15, 0.2) is 40.5 Å². The normalized spacial score (nSPS) is 10.8. The Kier molecular flexibility index (Phi) is 4.28. The average molecular weight is 358 g/mol. The van der Waals surface area contributed by atoms with Crippen LogP contribution in [0.5, 0.6) is 5.75 Å². The van der Waals surface area contributed by atoms with Crippen molar-refractivity contribution < 1.29 is 19.8 Å². The Morgan fingerprint density at radius 3 is 2.48 bits per heavy atom. The first kappa shape index (κ1) is 16.7. The van der Waals surface area contributed by atoms with Gasteiger partial charge in [0, 0.05) is 12.6 Å². The molecular weight excluding hydrogens is 344 g/mol. The van der Waals surface area contributed by atoms with Crippen LogP contribution in [0.25, 0.3) is 10.2 Å². The molecule has 0 aliphatic carbocycles. The molecule has 0 aliphatic rings. The fourth-order valence-corrected chi connectivity index (χ4v) is 3.52. The number of rotatable bonds is 4. The fourth-order valence-electron chi connectivity index (χ4n) is 2.59. The topological polar surface area (TPSA) is 109 Å². The highest BCUT2D eigenvalue weighted by atomic mass is 32.1. The molecule has 0 atom stereocenters. The van der Waals surface area contributed by atoms with E-state index in [9.17, 15) is 24.6 Å². The summed E-state index contributed by atoms with van der Waals surface area (Å²) in [4.78, 5) is 34.8. The number of hydrogen-bond donors (Lipinski definition) is 3. The van der Waals surface area contributed by atoms with Crippen molar-refractivity contribution in [3.8, 4) is 5.75 Å². The van der Waals surface area contributed by atoms with Crippen molar-refractivity contribution in [2.24, 2.45) is 0 Å². The van der Waals surface area contributed by atoms with Gasteiger partial charge >= 0.3 is 5.97 Å². The van der Waals surface area contributed by atoms with E-state index < -0.39 is 17.3 Å². The van der Waals surface area contributed by atoms with Gasteiger partial charge in [-0.3, -0.25) is 14.2 Å². The number of amides is 1. The Hall–Kier alpha value is -3.13. The van der Waals surface area contributed by atoms with Crippen molar-refractivity contribution in [2.45, 2.75) is 13.5 Å². The number of carbonyl (C=O) groups is 2. The molecule has 0 radical (unpaired) electrons. The quantitative estimate of drug-likeness (QED) is 0.664. The van der Waals surface area contributed by atoms with Gasteiger partial charge < -0.3 is 15.5 Å². The smallest absolute Gasteiger partial charge is 0.341 e. The molecule has 25 heavy (non-hydrogen) atoms. The standard InChI is InChI=1S/C17H14N2O5S/c1-9(20)18-11-4-2-10(3-5-11)8-19-12-6-7-25-15(12)13(17(23)24)14(21)16(19)22/h2-7,21H,8H2,1H3,(H,18,20)(H,23,24). The van der Waals surface area contributed by atoms with Crippen LogP contribution >= 0.6 is 11.3 Å². The highest BCUT2D eigenvalue weighted by Crippen LogP contribution is 2.29. The van der Waals surface area contributed by atoms with Gasteiger partial charge in [-0.25, -0.2) is 4.79 Å². The second-order valence-corrected chi connectivity index (χ2v) is 6.35. The van der Waals surface area contributed by atoms with E-state index in [0.717, 1.165) is 16.9 Å². The fraction of sp³-hybridized carbons (Fsp3) is 0.118. The molecule has 0 saturated heterocycles. The first-order valence-electron chi connectivity index (χ1n) is 7.31. The summed E-state index contributed by atoms with van der Waals surface area (Å²) in [5.41, 5.74) is 0.733. The van der Waals surface area contributed by atoms with Crippen LogP contribution in [0, 0.1) is 0 Å². The summed E-state index contributed by atoms with van der Waals surface area (Å²) < 4.78 is 1.68. The minimum absolute atomic E-state index is 0.167. The van der Waals surface area contributed by atoms with Gasteiger partial charge in [-0.1, -0.05) is 12.1 Å². The average Bonchev–Trinajstić information content (AvgIpc) is 3.01. The van der Waals surface area contributed by atoms with Gasteiger partial charge in [0.1, 0.15) is 5.56 Å². The number of pyridine rings is 1. The maximum atomic E-state index is 12.4. The summed E-state index contributed by atoms with van der Waals surface area (Å²) >= 11 is 1.15.